The minimum absolute atomic E-state index is 0.0232. The fourth-order valence-electron chi connectivity index (χ4n) is 4.56. The Kier molecular flexibility index (Phi) is 6.39. The summed E-state index contributed by atoms with van der Waals surface area (Å²) < 4.78 is 2.03. The van der Waals surface area contributed by atoms with Crippen LogP contribution >= 0.6 is 0 Å². The number of fused-ring (bicyclic) bond motifs is 1. The number of pyridine rings is 1. The fraction of sp³-hybridized carbons (Fsp3) is 0.696. The molecule has 2 aromatic heterocycles. The van der Waals surface area contributed by atoms with Crippen LogP contribution in [0.5, 0.6) is 0 Å². The number of hydrogen-bond donors (Lipinski definition) is 1. The highest BCUT2D eigenvalue weighted by atomic mass is 16.1. The molecule has 3 heterocycles. The van der Waals surface area contributed by atoms with Gasteiger partial charge in [-0.3, -0.25) is 19.0 Å². The first-order chi connectivity index (χ1) is 14.5. The Labute approximate surface area is 179 Å². The van der Waals surface area contributed by atoms with E-state index in [9.17, 15) is 4.79 Å². The molecule has 2 aromatic rings. The molecule has 7 nitrogen and oxygen atoms in total. The van der Waals surface area contributed by atoms with Crippen molar-refractivity contribution < 1.29 is 4.79 Å². The Morgan fingerprint density at radius 2 is 1.93 bits per heavy atom. The van der Waals surface area contributed by atoms with Gasteiger partial charge in [0.05, 0.1) is 11.6 Å². The van der Waals surface area contributed by atoms with Crippen molar-refractivity contribution in [3.63, 3.8) is 0 Å². The summed E-state index contributed by atoms with van der Waals surface area (Å²) in [7, 11) is 0. The van der Waals surface area contributed by atoms with Crippen molar-refractivity contribution in [2.24, 2.45) is 5.92 Å². The van der Waals surface area contributed by atoms with Crippen LogP contribution in [0.1, 0.15) is 75.6 Å². The summed E-state index contributed by atoms with van der Waals surface area (Å²) in [6.07, 6.45) is 6.53. The number of carbonyl (C=O) groups excluding carboxylic acids is 1. The molecule has 1 aliphatic carbocycles. The maximum absolute atomic E-state index is 12.8. The number of piperazine rings is 1. The molecule has 4 rings (SSSR count). The third kappa shape index (κ3) is 4.52. The van der Waals surface area contributed by atoms with Gasteiger partial charge in [-0.05, 0) is 57.6 Å². The van der Waals surface area contributed by atoms with E-state index < -0.39 is 0 Å². The average molecular weight is 413 g/mol. The third-order valence-corrected chi connectivity index (χ3v) is 6.69. The lowest BCUT2D eigenvalue weighted by atomic mass is 10.1. The molecule has 0 radical (unpaired) electrons. The topological polar surface area (TPSA) is 65.8 Å². The van der Waals surface area contributed by atoms with Crippen LogP contribution in [-0.2, 0) is 0 Å². The van der Waals surface area contributed by atoms with Crippen molar-refractivity contribution in [2.45, 2.75) is 71.5 Å². The van der Waals surface area contributed by atoms with E-state index in [1.54, 1.807) is 0 Å². The molecular weight excluding hydrogens is 376 g/mol. The predicted molar refractivity (Wildman–Crippen MR) is 119 cm³/mol. The van der Waals surface area contributed by atoms with Crippen LogP contribution in [0.25, 0.3) is 5.65 Å². The SMILES string of the molecule is CCC(CC)NC(=O)c1ccc2nnc(C3CN(CC4CC4)CCN3C(C)C)n2c1. The first kappa shape index (κ1) is 21.2. The molecule has 0 aromatic carbocycles. The first-order valence-corrected chi connectivity index (χ1v) is 11.6. The molecule has 0 bridgehead atoms. The van der Waals surface area contributed by atoms with Crippen molar-refractivity contribution in [3.05, 3.63) is 29.7 Å². The molecule has 1 unspecified atom stereocenters. The van der Waals surface area contributed by atoms with Crippen molar-refractivity contribution in [1.82, 2.24) is 29.7 Å². The lowest BCUT2D eigenvalue weighted by molar-refractivity contribution is 0.0437. The second-order valence-corrected chi connectivity index (χ2v) is 9.24. The maximum atomic E-state index is 12.8. The lowest BCUT2D eigenvalue weighted by Gasteiger charge is -2.42. The second kappa shape index (κ2) is 9.02. The minimum Gasteiger partial charge on any atom is -0.349 e. The van der Waals surface area contributed by atoms with Crippen LogP contribution < -0.4 is 5.32 Å². The van der Waals surface area contributed by atoms with E-state index in [-0.39, 0.29) is 18.0 Å². The van der Waals surface area contributed by atoms with Crippen LogP contribution in [0.4, 0.5) is 0 Å². The second-order valence-electron chi connectivity index (χ2n) is 9.24. The molecular formula is C23H36N6O. The van der Waals surface area contributed by atoms with Gasteiger partial charge in [0.1, 0.15) is 0 Å². The standard InChI is InChI=1S/C23H36N6O/c1-5-19(6-2)24-23(30)18-9-10-21-25-26-22(29(21)14-18)20-15-27(13-17-7-8-17)11-12-28(20)16(3)4/h9-10,14,16-17,19-20H,5-8,11-13,15H2,1-4H3,(H,24,30). The number of rotatable bonds is 8. The molecule has 1 atom stereocenters. The lowest BCUT2D eigenvalue weighted by Crippen LogP contribution is -2.51. The Hall–Kier alpha value is -1.99. The van der Waals surface area contributed by atoms with Gasteiger partial charge in [-0.15, -0.1) is 10.2 Å². The molecule has 1 amide bonds. The molecule has 164 valence electrons. The van der Waals surface area contributed by atoms with Gasteiger partial charge in [0, 0.05) is 44.5 Å². The van der Waals surface area contributed by atoms with E-state index in [1.165, 1.54) is 19.4 Å². The van der Waals surface area contributed by atoms with Gasteiger partial charge in [0.2, 0.25) is 0 Å². The zero-order valence-corrected chi connectivity index (χ0v) is 18.8. The van der Waals surface area contributed by atoms with Crippen molar-refractivity contribution in [3.8, 4) is 0 Å². The van der Waals surface area contributed by atoms with Crippen molar-refractivity contribution in [2.75, 3.05) is 26.2 Å². The van der Waals surface area contributed by atoms with Crippen molar-refractivity contribution in [1.29, 1.82) is 0 Å². The average Bonchev–Trinajstić information content (AvgIpc) is 3.46. The Balaban J connectivity index is 1.61. The van der Waals surface area contributed by atoms with Gasteiger partial charge in [-0.25, -0.2) is 0 Å². The number of amides is 1. The summed E-state index contributed by atoms with van der Waals surface area (Å²) in [5.74, 6) is 1.80. The van der Waals surface area contributed by atoms with Gasteiger partial charge in [-0.1, -0.05) is 13.8 Å². The normalized spacial score (nSPS) is 21.1. The number of aromatic nitrogens is 3. The zero-order chi connectivity index (χ0) is 21.3. The summed E-state index contributed by atoms with van der Waals surface area (Å²) in [5.41, 5.74) is 1.46. The van der Waals surface area contributed by atoms with Crippen LogP contribution in [-0.4, -0.2) is 68.6 Å². The van der Waals surface area contributed by atoms with Crippen LogP contribution in [0, 0.1) is 5.92 Å². The zero-order valence-electron chi connectivity index (χ0n) is 18.8. The van der Waals surface area contributed by atoms with Crippen LogP contribution in [0.3, 0.4) is 0 Å². The van der Waals surface area contributed by atoms with Crippen LogP contribution in [0.15, 0.2) is 18.3 Å². The highest BCUT2D eigenvalue weighted by Gasteiger charge is 2.35. The highest BCUT2D eigenvalue weighted by Crippen LogP contribution is 2.33. The quantitative estimate of drug-likeness (QED) is 0.722. The van der Waals surface area contributed by atoms with Gasteiger partial charge < -0.3 is 5.32 Å². The smallest absolute Gasteiger partial charge is 0.252 e. The fourth-order valence-corrected chi connectivity index (χ4v) is 4.56. The summed E-state index contributed by atoms with van der Waals surface area (Å²) in [4.78, 5) is 17.9. The van der Waals surface area contributed by atoms with E-state index in [1.807, 2.05) is 22.7 Å². The molecule has 7 heteroatoms. The van der Waals surface area contributed by atoms with E-state index in [4.69, 9.17) is 0 Å². The Bertz CT molecular complexity index is 870. The summed E-state index contributed by atoms with van der Waals surface area (Å²) in [6.45, 7) is 13.0. The van der Waals surface area contributed by atoms with Crippen molar-refractivity contribution >= 4 is 11.6 Å². The van der Waals surface area contributed by atoms with E-state index >= 15 is 0 Å². The minimum atomic E-state index is -0.0232. The van der Waals surface area contributed by atoms with Crippen LogP contribution in [0.2, 0.25) is 0 Å². The van der Waals surface area contributed by atoms with Gasteiger partial charge in [-0.2, -0.15) is 0 Å². The highest BCUT2D eigenvalue weighted by molar-refractivity contribution is 5.94. The van der Waals surface area contributed by atoms with Gasteiger partial charge >= 0.3 is 0 Å². The van der Waals surface area contributed by atoms with E-state index in [0.29, 0.717) is 11.6 Å². The predicted octanol–water partition coefficient (Wildman–Crippen LogP) is 3.12. The molecule has 1 saturated carbocycles. The Morgan fingerprint density at radius 1 is 1.17 bits per heavy atom. The molecule has 30 heavy (non-hydrogen) atoms. The first-order valence-electron chi connectivity index (χ1n) is 11.6. The number of nitrogens with zero attached hydrogens (tertiary/aromatic N) is 5. The number of hydrogen-bond acceptors (Lipinski definition) is 5. The summed E-state index contributed by atoms with van der Waals surface area (Å²) >= 11 is 0. The maximum Gasteiger partial charge on any atom is 0.252 e. The Morgan fingerprint density at radius 3 is 2.60 bits per heavy atom. The third-order valence-electron chi connectivity index (χ3n) is 6.69. The molecule has 1 N–H and O–H groups in total. The largest absolute Gasteiger partial charge is 0.349 e. The molecule has 2 fully saturated rings. The number of nitrogens with one attached hydrogen (secondary N) is 1. The molecule has 1 aliphatic heterocycles. The van der Waals surface area contributed by atoms with Gasteiger partial charge in [0.25, 0.3) is 5.91 Å². The molecule has 1 saturated heterocycles. The number of carbonyl (C=O) groups is 1. The van der Waals surface area contributed by atoms with Gasteiger partial charge in [0.15, 0.2) is 11.5 Å². The van der Waals surface area contributed by atoms with E-state index in [2.05, 4.69) is 53.0 Å². The molecule has 2 aliphatic rings. The van der Waals surface area contributed by atoms with E-state index in [0.717, 1.165) is 49.9 Å². The summed E-state index contributed by atoms with van der Waals surface area (Å²) in [5, 5.41) is 12.1. The monoisotopic (exact) mass is 412 g/mol. The summed E-state index contributed by atoms with van der Waals surface area (Å²) in [6, 6.07) is 4.59. The molecule has 0 spiro atoms.